The number of phenols is 1. The van der Waals surface area contributed by atoms with Gasteiger partial charge in [-0.3, -0.25) is 14.7 Å². The van der Waals surface area contributed by atoms with Crippen molar-refractivity contribution in [3.05, 3.63) is 99.9 Å². The number of phenolic OH excluding ortho intramolecular Hbond substituents is 1. The number of carbonyl (C=O) groups excluding carboxylic acids is 1. The Hall–Kier alpha value is -4.28. The zero-order valence-electron chi connectivity index (χ0n) is 28.6. The lowest BCUT2D eigenvalue weighted by atomic mass is 9.57. The number of aliphatic hydroxyl groups is 2. The number of hydrogen-bond acceptors (Lipinski definition) is 8. The summed E-state index contributed by atoms with van der Waals surface area (Å²) >= 11 is 0. The number of benzene rings is 3. The van der Waals surface area contributed by atoms with Gasteiger partial charge in [-0.2, -0.15) is 0 Å². The van der Waals surface area contributed by atoms with Crippen LogP contribution in [0.1, 0.15) is 92.6 Å². The molecule has 0 saturated heterocycles. The molecule has 3 aromatic rings. The number of aromatic hydroxyl groups is 1. The molecule has 0 aromatic heterocycles. The van der Waals surface area contributed by atoms with E-state index in [4.69, 9.17) is 15.5 Å². The average Bonchev–Trinajstić information content (AvgIpc) is 3.82. The first-order chi connectivity index (χ1) is 24.3. The molecule has 3 heterocycles. The molecule has 9 nitrogen and oxygen atoms in total. The minimum absolute atomic E-state index is 0.0304. The van der Waals surface area contributed by atoms with Crippen LogP contribution in [0.25, 0.3) is 11.1 Å². The number of carbonyl (C=O) groups is 1. The molecule has 3 aliphatic heterocycles. The summed E-state index contributed by atoms with van der Waals surface area (Å²) in [4.78, 5) is 18.6. The molecule has 260 valence electrons. The number of allylic oxidation sites excluding steroid dienone is 1. The molecule has 1 unspecified atom stereocenters. The Morgan fingerprint density at radius 1 is 1.12 bits per heavy atom. The number of Topliss-reactive ketones (excluding diaryl/α,β-unsaturated/α-hetero) is 1. The lowest BCUT2D eigenvalue weighted by Gasteiger charge is -2.46. The number of anilines is 1. The van der Waals surface area contributed by atoms with Gasteiger partial charge in [-0.25, -0.2) is 0 Å². The highest BCUT2D eigenvalue weighted by Gasteiger charge is 2.55. The Kier molecular flexibility index (Phi) is 8.63. The summed E-state index contributed by atoms with van der Waals surface area (Å²) in [7, 11) is 0. The number of ether oxygens (including phenoxy) is 1. The number of ketones is 1. The number of aliphatic imine (C=N–C) groups is 1. The maximum atomic E-state index is 12.5. The van der Waals surface area contributed by atoms with Gasteiger partial charge in [0.15, 0.2) is 11.5 Å². The van der Waals surface area contributed by atoms with Gasteiger partial charge in [-0.15, -0.1) is 0 Å². The molecule has 0 amide bonds. The molecule has 3 aromatic carbocycles. The van der Waals surface area contributed by atoms with E-state index in [-0.39, 0.29) is 42.4 Å². The number of quaternary nitrogens is 1. The van der Waals surface area contributed by atoms with Gasteiger partial charge in [-0.1, -0.05) is 56.2 Å². The summed E-state index contributed by atoms with van der Waals surface area (Å²) in [5, 5.41) is 34.3. The fourth-order valence-corrected chi connectivity index (χ4v) is 9.39. The first kappa shape index (κ1) is 32.9. The summed E-state index contributed by atoms with van der Waals surface area (Å²) < 4.78 is 6.20. The summed E-state index contributed by atoms with van der Waals surface area (Å²) in [6.07, 6.45) is 8.34. The van der Waals surface area contributed by atoms with Gasteiger partial charge in [-0.05, 0) is 89.6 Å². The van der Waals surface area contributed by atoms with E-state index >= 15 is 0 Å². The molecule has 2 aliphatic carbocycles. The van der Waals surface area contributed by atoms with Gasteiger partial charge in [0.05, 0.1) is 12.2 Å². The normalized spacial score (nSPS) is 25.0. The van der Waals surface area contributed by atoms with Crippen LogP contribution in [0.4, 0.5) is 5.69 Å². The van der Waals surface area contributed by atoms with Crippen molar-refractivity contribution in [3.63, 3.8) is 0 Å². The van der Waals surface area contributed by atoms with Crippen molar-refractivity contribution in [2.45, 2.75) is 94.4 Å². The van der Waals surface area contributed by atoms with Crippen LogP contribution in [0, 0.1) is 0 Å². The number of rotatable bonds is 13. The molecular formula is C41H47N4O5+. The first-order valence-electron chi connectivity index (χ1n) is 18.2. The van der Waals surface area contributed by atoms with E-state index < -0.39 is 12.2 Å². The molecule has 7 N–H and O–H groups in total. The molecule has 0 spiro atoms. The molecule has 0 bridgehead atoms. The van der Waals surface area contributed by atoms with Gasteiger partial charge >= 0.3 is 0 Å². The molecule has 1 saturated carbocycles. The number of nitrogens with one attached hydrogen (secondary N) is 2. The average molecular weight is 676 g/mol. The lowest BCUT2D eigenvalue weighted by molar-refractivity contribution is -0.855. The smallest absolute Gasteiger partial charge is 0.227 e. The second kappa shape index (κ2) is 13.1. The van der Waals surface area contributed by atoms with Gasteiger partial charge in [0.1, 0.15) is 30.4 Å². The van der Waals surface area contributed by atoms with Crippen LogP contribution in [0.5, 0.6) is 11.5 Å². The van der Waals surface area contributed by atoms with Crippen LogP contribution >= 0.6 is 0 Å². The molecule has 50 heavy (non-hydrogen) atoms. The zero-order chi connectivity index (χ0) is 34.6. The Labute approximate surface area is 293 Å². The fourth-order valence-electron chi connectivity index (χ4n) is 9.39. The van der Waals surface area contributed by atoms with Gasteiger partial charge < -0.3 is 31.1 Å². The summed E-state index contributed by atoms with van der Waals surface area (Å²) in [6.45, 7) is 3.04. The van der Waals surface area contributed by atoms with Crippen molar-refractivity contribution in [3.8, 4) is 22.6 Å². The van der Waals surface area contributed by atoms with E-state index in [1.165, 1.54) is 33.4 Å². The third-order valence-electron chi connectivity index (χ3n) is 11.6. The Balaban J connectivity index is 0.981. The van der Waals surface area contributed by atoms with E-state index in [0.717, 1.165) is 59.6 Å². The largest absolute Gasteiger partial charge is 0.504 e. The molecule has 8 rings (SSSR count). The van der Waals surface area contributed by atoms with Crippen molar-refractivity contribution in [1.82, 2.24) is 0 Å². The SMILES string of the molecule is CCC[C@H](O)C[C@@H](O)CC(=O)CCc1ccc(O)c(OC[NH+]2C=C3N=CC([C@]45CCC[C@@H]4c4cccc6c4-c4c(cccc45)[C@H](N)N6)=C3C2)c1. The molecule has 0 radical (unpaired) electrons. The van der Waals surface area contributed by atoms with Crippen LogP contribution in [0.2, 0.25) is 0 Å². The highest BCUT2D eigenvalue weighted by molar-refractivity contribution is 5.97. The van der Waals surface area contributed by atoms with E-state index in [1.54, 1.807) is 18.2 Å². The maximum absolute atomic E-state index is 12.5. The minimum Gasteiger partial charge on any atom is -0.504 e. The Morgan fingerprint density at radius 3 is 2.82 bits per heavy atom. The number of fused-ring (bicyclic) bond motifs is 4. The third kappa shape index (κ3) is 5.57. The number of nitrogens with two attached hydrogens (primary N) is 1. The highest BCUT2D eigenvalue weighted by atomic mass is 16.5. The van der Waals surface area contributed by atoms with Crippen LogP contribution in [-0.2, 0) is 16.6 Å². The predicted molar refractivity (Wildman–Crippen MR) is 193 cm³/mol. The minimum atomic E-state index is -0.839. The third-order valence-corrected chi connectivity index (χ3v) is 11.6. The monoisotopic (exact) mass is 675 g/mol. The summed E-state index contributed by atoms with van der Waals surface area (Å²) in [5.41, 5.74) is 18.7. The highest BCUT2D eigenvalue weighted by Crippen LogP contribution is 2.65. The summed E-state index contributed by atoms with van der Waals surface area (Å²) in [5.74, 6) is 0.738. The second-order valence-electron chi connectivity index (χ2n) is 14.8. The van der Waals surface area contributed by atoms with Crippen molar-refractivity contribution in [2.75, 3.05) is 18.6 Å². The number of hydrogen-bond donors (Lipinski definition) is 6. The van der Waals surface area contributed by atoms with Crippen LogP contribution in [-0.4, -0.2) is 52.8 Å². The standard InChI is InChI=1S/C41H46N4O5/c1-2-6-25(46)18-27(48)19-26(47)14-12-24-13-15-36(49)37(17-24)50-23-45-21-30-33(20-43-35(30)22-45)41-16-5-10-31(41)28-7-4-11-34-39(28)38-29(40(42)44-34)8-3-9-32(38)41/h3-4,7-9,11,13,15,17,20,22,25,27,31,40,44,46,48-49H,2,5-6,10,12,14,16,18-19,21,23,42H2,1H3/p+1/t25-,27+,31+,40+,41+/m0/s1. The van der Waals surface area contributed by atoms with Crippen molar-refractivity contribution >= 4 is 17.7 Å². The van der Waals surface area contributed by atoms with Gasteiger partial charge in [0.2, 0.25) is 6.73 Å². The van der Waals surface area contributed by atoms with E-state index in [9.17, 15) is 20.1 Å². The van der Waals surface area contributed by atoms with Crippen LogP contribution < -0.4 is 20.7 Å². The molecule has 6 atom stereocenters. The van der Waals surface area contributed by atoms with E-state index in [0.29, 0.717) is 31.2 Å². The maximum Gasteiger partial charge on any atom is 0.227 e. The first-order valence-corrected chi connectivity index (χ1v) is 18.2. The zero-order valence-corrected chi connectivity index (χ0v) is 28.6. The van der Waals surface area contributed by atoms with Crippen molar-refractivity contribution in [1.29, 1.82) is 0 Å². The van der Waals surface area contributed by atoms with E-state index in [2.05, 4.69) is 54.1 Å². The molecular weight excluding hydrogens is 628 g/mol. The fraction of sp³-hybridized carbons (Fsp3) is 0.415. The molecule has 1 fully saturated rings. The Bertz CT molecular complexity index is 1930. The number of nitrogens with zero attached hydrogens (tertiary/aromatic N) is 1. The number of aliphatic hydroxyl groups excluding tert-OH is 2. The quantitative estimate of drug-likeness (QED) is 0.151. The predicted octanol–water partition coefficient (Wildman–Crippen LogP) is 4.92. The van der Waals surface area contributed by atoms with Gasteiger partial charge in [0.25, 0.3) is 0 Å². The van der Waals surface area contributed by atoms with Crippen LogP contribution in [0.3, 0.4) is 0 Å². The van der Waals surface area contributed by atoms with Gasteiger partial charge in [0, 0.05) is 41.3 Å². The lowest BCUT2D eigenvalue weighted by Crippen LogP contribution is -3.07. The molecule has 5 aliphatic rings. The Morgan fingerprint density at radius 2 is 1.96 bits per heavy atom. The van der Waals surface area contributed by atoms with E-state index in [1.807, 2.05) is 6.92 Å². The number of aryl methyl sites for hydroxylation is 1. The van der Waals surface area contributed by atoms with Crippen LogP contribution in [0.15, 0.2) is 82.6 Å². The second-order valence-corrected chi connectivity index (χ2v) is 14.8. The van der Waals surface area contributed by atoms with Crippen molar-refractivity contribution in [2.24, 2.45) is 10.7 Å². The van der Waals surface area contributed by atoms with Crippen molar-refractivity contribution < 1.29 is 29.8 Å². The topological polar surface area (TPSA) is 142 Å². The molecule has 9 heteroatoms. The summed E-state index contributed by atoms with van der Waals surface area (Å²) in [6, 6.07) is 18.5.